The third-order valence-corrected chi connectivity index (χ3v) is 3.63. The van der Waals surface area contributed by atoms with Crippen molar-refractivity contribution in [1.82, 2.24) is 20.2 Å². The van der Waals surface area contributed by atoms with Gasteiger partial charge in [-0.25, -0.2) is 14.8 Å². The summed E-state index contributed by atoms with van der Waals surface area (Å²) in [6.07, 6.45) is 1.96. The Kier molecular flexibility index (Phi) is 3.20. The number of piperazine rings is 1. The standard InChI is InChI=1S/C12H17N5O2/c18-12(19)17-5-3-16(4-6-17)11-14-8-9-7-13-2-1-10(9)15-11/h8,13H,1-7H2,(H,18,19). The van der Waals surface area contributed by atoms with Crippen molar-refractivity contribution < 1.29 is 9.90 Å². The molecular weight excluding hydrogens is 246 g/mol. The van der Waals surface area contributed by atoms with Gasteiger partial charge in [-0.15, -0.1) is 0 Å². The fraction of sp³-hybridized carbons (Fsp3) is 0.583. The first-order valence-electron chi connectivity index (χ1n) is 6.52. The van der Waals surface area contributed by atoms with Gasteiger partial charge in [0.05, 0.1) is 5.69 Å². The van der Waals surface area contributed by atoms with E-state index in [1.807, 2.05) is 6.20 Å². The molecule has 1 aromatic heterocycles. The molecule has 1 aromatic rings. The minimum Gasteiger partial charge on any atom is -0.465 e. The van der Waals surface area contributed by atoms with Gasteiger partial charge in [-0.2, -0.15) is 0 Å². The summed E-state index contributed by atoms with van der Waals surface area (Å²) in [5.74, 6) is 0.727. The molecule has 102 valence electrons. The maximum absolute atomic E-state index is 10.9. The zero-order valence-electron chi connectivity index (χ0n) is 10.7. The van der Waals surface area contributed by atoms with Gasteiger partial charge >= 0.3 is 6.09 Å². The average Bonchev–Trinajstić information content (AvgIpc) is 2.47. The van der Waals surface area contributed by atoms with Crippen molar-refractivity contribution in [3.63, 3.8) is 0 Å². The normalized spacial score (nSPS) is 19.2. The first-order chi connectivity index (χ1) is 9.24. The molecule has 0 aliphatic carbocycles. The van der Waals surface area contributed by atoms with Crippen molar-refractivity contribution in [3.8, 4) is 0 Å². The van der Waals surface area contributed by atoms with E-state index >= 15 is 0 Å². The minimum atomic E-state index is -0.850. The third-order valence-electron chi connectivity index (χ3n) is 3.63. The van der Waals surface area contributed by atoms with Gasteiger partial charge in [-0.05, 0) is 0 Å². The first-order valence-corrected chi connectivity index (χ1v) is 6.52. The van der Waals surface area contributed by atoms with Gasteiger partial charge in [-0.1, -0.05) is 0 Å². The summed E-state index contributed by atoms with van der Waals surface area (Å²) in [6, 6.07) is 0. The summed E-state index contributed by atoms with van der Waals surface area (Å²) in [5, 5.41) is 12.2. The highest BCUT2D eigenvalue weighted by Crippen LogP contribution is 2.16. The zero-order chi connectivity index (χ0) is 13.2. The lowest BCUT2D eigenvalue weighted by molar-refractivity contribution is 0.142. The number of hydrogen-bond donors (Lipinski definition) is 2. The van der Waals surface area contributed by atoms with E-state index < -0.39 is 6.09 Å². The number of fused-ring (bicyclic) bond motifs is 1. The number of aromatic nitrogens is 2. The van der Waals surface area contributed by atoms with Crippen LogP contribution in [0.5, 0.6) is 0 Å². The minimum absolute atomic E-state index is 0.511. The second-order valence-electron chi connectivity index (χ2n) is 4.83. The summed E-state index contributed by atoms with van der Waals surface area (Å²) in [4.78, 5) is 23.4. The predicted molar refractivity (Wildman–Crippen MR) is 69.3 cm³/mol. The van der Waals surface area contributed by atoms with Crippen LogP contribution in [-0.2, 0) is 13.0 Å². The highest BCUT2D eigenvalue weighted by atomic mass is 16.4. The van der Waals surface area contributed by atoms with E-state index in [4.69, 9.17) is 5.11 Å². The van der Waals surface area contributed by atoms with Crippen molar-refractivity contribution in [2.24, 2.45) is 0 Å². The van der Waals surface area contributed by atoms with Crippen LogP contribution in [0.15, 0.2) is 6.20 Å². The zero-order valence-corrected chi connectivity index (χ0v) is 10.7. The number of nitrogens with one attached hydrogen (secondary N) is 1. The maximum atomic E-state index is 10.9. The van der Waals surface area contributed by atoms with Crippen LogP contribution in [-0.4, -0.2) is 58.8 Å². The molecule has 7 heteroatoms. The quantitative estimate of drug-likeness (QED) is 0.737. The lowest BCUT2D eigenvalue weighted by atomic mass is 10.1. The fourth-order valence-electron chi connectivity index (χ4n) is 2.48. The number of carbonyl (C=O) groups is 1. The molecule has 0 aromatic carbocycles. The van der Waals surface area contributed by atoms with Crippen LogP contribution in [0.1, 0.15) is 11.3 Å². The molecule has 0 bridgehead atoms. The second kappa shape index (κ2) is 5.00. The molecule has 0 atom stereocenters. The van der Waals surface area contributed by atoms with Crippen LogP contribution in [0.3, 0.4) is 0 Å². The van der Waals surface area contributed by atoms with Crippen molar-refractivity contribution in [1.29, 1.82) is 0 Å². The summed E-state index contributed by atoms with van der Waals surface area (Å²) in [6.45, 7) is 4.12. The largest absolute Gasteiger partial charge is 0.465 e. The average molecular weight is 263 g/mol. The summed E-state index contributed by atoms with van der Waals surface area (Å²) in [7, 11) is 0. The summed E-state index contributed by atoms with van der Waals surface area (Å²) in [5.41, 5.74) is 2.28. The molecule has 0 unspecified atom stereocenters. The van der Waals surface area contributed by atoms with Crippen molar-refractivity contribution in [2.75, 3.05) is 37.6 Å². The van der Waals surface area contributed by atoms with E-state index in [0.717, 1.165) is 31.2 Å². The molecule has 2 aliphatic rings. The number of rotatable bonds is 1. The molecule has 1 saturated heterocycles. The van der Waals surface area contributed by atoms with Crippen molar-refractivity contribution >= 4 is 12.0 Å². The Labute approximate surface area is 111 Å². The van der Waals surface area contributed by atoms with E-state index in [1.165, 1.54) is 10.5 Å². The van der Waals surface area contributed by atoms with Crippen LogP contribution < -0.4 is 10.2 Å². The van der Waals surface area contributed by atoms with E-state index in [1.54, 1.807) is 0 Å². The fourth-order valence-corrected chi connectivity index (χ4v) is 2.48. The number of anilines is 1. The summed E-state index contributed by atoms with van der Waals surface area (Å²) < 4.78 is 0. The molecule has 7 nitrogen and oxygen atoms in total. The van der Waals surface area contributed by atoms with Crippen LogP contribution in [0.25, 0.3) is 0 Å². The van der Waals surface area contributed by atoms with Gasteiger partial charge < -0.3 is 20.2 Å². The van der Waals surface area contributed by atoms with Crippen LogP contribution >= 0.6 is 0 Å². The Hall–Kier alpha value is -1.89. The van der Waals surface area contributed by atoms with Gasteiger partial charge in [0.15, 0.2) is 0 Å². The molecular formula is C12H17N5O2. The Balaban J connectivity index is 1.71. The molecule has 0 radical (unpaired) electrons. The number of hydrogen-bond acceptors (Lipinski definition) is 5. The molecule has 1 amide bonds. The maximum Gasteiger partial charge on any atom is 0.407 e. The van der Waals surface area contributed by atoms with Gasteiger partial charge in [0.25, 0.3) is 0 Å². The van der Waals surface area contributed by atoms with Crippen molar-refractivity contribution in [3.05, 3.63) is 17.5 Å². The second-order valence-corrected chi connectivity index (χ2v) is 4.83. The lowest BCUT2D eigenvalue weighted by Crippen LogP contribution is -2.49. The Morgan fingerprint density at radius 3 is 2.84 bits per heavy atom. The topological polar surface area (TPSA) is 81.6 Å². The predicted octanol–water partition coefficient (Wildman–Crippen LogP) is -0.0777. The van der Waals surface area contributed by atoms with Gasteiger partial charge in [-0.3, -0.25) is 0 Å². The van der Waals surface area contributed by atoms with Gasteiger partial charge in [0.2, 0.25) is 5.95 Å². The first kappa shape index (κ1) is 12.2. The molecule has 3 heterocycles. The Morgan fingerprint density at radius 2 is 2.11 bits per heavy atom. The molecule has 1 fully saturated rings. The molecule has 2 N–H and O–H groups in total. The van der Waals surface area contributed by atoms with E-state index in [9.17, 15) is 4.79 Å². The van der Waals surface area contributed by atoms with Crippen molar-refractivity contribution in [2.45, 2.75) is 13.0 Å². The van der Waals surface area contributed by atoms with Crippen LogP contribution in [0.2, 0.25) is 0 Å². The number of nitrogens with zero attached hydrogens (tertiary/aromatic N) is 4. The monoisotopic (exact) mass is 263 g/mol. The highest BCUT2D eigenvalue weighted by Gasteiger charge is 2.22. The van der Waals surface area contributed by atoms with E-state index in [0.29, 0.717) is 26.2 Å². The number of amides is 1. The van der Waals surface area contributed by atoms with E-state index in [-0.39, 0.29) is 0 Å². The third kappa shape index (κ3) is 2.46. The van der Waals surface area contributed by atoms with Crippen LogP contribution in [0, 0.1) is 0 Å². The molecule has 2 aliphatic heterocycles. The smallest absolute Gasteiger partial charge is 0.407 e. The SMILES string of the molecule is O=C(O)N1CCN(c2ncc3c(n2)CCNC3)CC1. The van der Waals surface area contributed by atoms with Gasteiger partial charge in [0.1, 0.15) is 0 Å². The molecule has 19 heavy (non-hydrogen) atoms. The highest BCUT2D eigenvalue weighted by molar-refractivity contribution is 5.65. The summed E-state index contributed by atoms with van der Waals surface area (Å²) >= 11 is 0. The van der Waals surface area contributed by atoms with E-state index in [2.05, 4.69) is 20.2 Å². The molecule has 0 spiro atoms. The van der Waals surface area contributed by atoms with Crippen LogP contribution in [0.4, 0.5) is 10.7 Å². The Bertz CT molecular complexity index is 485. The molecule has 3 rings (SSSR count). The number of carboxylic acid groups (broad SMARTS) is 1. The lowest BCUT2D eigenvalue weighted by Gasteiger charge is -2.33. The molecule has 0 saturated carbocycles. The Morgan fingerprint density at radius 1 is 1.32 bits per heavy atom. The van der Waals surface area contributed by atoms with Gasteiger partial charge in [0, 0.05) is 57.4 Å².